The van der Waals surface area contributed by atoms with E-state index >= 15 is 0 Å². The summed E-state index contributed by atoms with van der Waals surface area (Å²) in [4.78, 5) is 37.5. The van der Waals surface area contributed by atoms with Crippen LogP contribution in [-0.4, -0.2) is 48.1 Å². The summed E-state index contributed by atoms with van der Waals surface area (Å²) >= 11 is 0. The van der Waals surface area contributed by atoms with Crippen molar-refractivity contribution in [3.05, 3.63) is 77.4 Å². The summed E-state index contributed by atoms with van der Waals surface area (Å²) in [5.74, 6) is -1.35. The van der Waals surface area contributed by atoms with Gasteiger partial charge in [0, 0.05) is 5.56 Å². The van der Waals surface area contributed by atoms with Crippen LogP contribution in [0.15, 0.2) is 66.2 Å². The van der Waals surface area contributed by atoms with E-state index in [2.05, 4.69) is 10.6 Å². The van der Waals surface area contributed by atoms with Crippen molar-refractivity contribution in [3.63, 3.8) is 0 Å². The second-order valence-corrected chi connectivity index (χ2v) is 7.68. The van der Waals surface area contributed by atoms with Crippen molar-refractivity contribution in [1.82, 2.24) is 10.6 Å². The maximum Gasteiger partial charge on any atom is 0.252 e. The summed E-state index contributed by atoms with van der Waals surface area (Å²) in [6.45, 7) is 0. The number of hydrogen-bond acceptors (Lipinski definition) is 5. The van der Waals surface area contributed by atoms with Crippen molar-refractivity contribution in [2.24, 2.45) is 5.73 Å². The van der Waals surface area contributed by atoms with E-state index in [1.807, 2.05) is 36.4 Å². The molecule has 1 aliphatic carbocycles. The zero-order chi connectivity index (χ0) is 23.1. The maximum atomic E-state index is 13.1. The SMILES string of the molecule is COc1cccc(C(=O)N[C@@H](CC2=CC2)C(=O)NC(Cc2ccccc2)C(O)C(N)=O)c1. The summed E-state index contributed by atoms with van der Waals surface area (Å²) in [6, 6.07) is 13.9. The standard InChI is InChI=1S/C24H27N3O5/c1-32-18-9-5-8-17(14-18)23(30)27-20(13-16-10-11-16)24(31)26-19(21(28)22(25)29)12-15-6-3-2-4-7-15/h2-10,14,19-21,28H,11-13H2,1H3,(H2,25,29)(H,26,31)(H,27,30)/t19?,20-,21?/m0/s1. The fourth-order valence-electron chi connectivity index (χ4n) is 3.31. The fraction of sp³-hybridized carbons (Fsp3) is 0.292. The van der Waals surface area contributed by atoms with Gasteiger partial charge in [-0.25, -0.2) is 0 Å². The van der Waals surface area contributed by atoms with Crippen molar-refractivity contribution < 1.29 is 24.2 Å². The first-order valence-corrected chi connectivity index (χ1v) is 10.3. The Bertz CT molecular complexity index is 1010. The number of nitrogens with two attached hydrogens (primary N) is 1. The minimum absolute atomic E-state index is 0.204. The van der Waals surface area contributed by atoms with Gasteiger partial charge in [-0.1, -0.05) is 48.0 Å². The van der Waals surface area contributed by atoms with Crippen LogP contribution in [0, 0.1) is 0 Å². The number of aliphatic hydroxyl groups is 1. The molecule has 32 heavy (non-hydrogen) atoms. The van der Waals surface area contributed by atoms with E-state index < -0.39 is 35.9 Å². The van der Waals surface area contributed by atoms with Crippen molar-refractivity contribution in [2.45, 2.75) is 37.5 Å². The van der Waals surface area contributed by atoms with E-state index in [0.29, 0.717) is 17.7 Å². The first-order valence-electron chi connectivity index (χ1n) is 10.3. The number of ether oxygens (including phenoxy) is 1. The lowest BCUT2D eigenvalue weighted by molar-refractivity contribution is -0.130. The molecule has 2 aromatic carbocycles. The predicted octanol–water partition coefficient (Wildman–Crippen LogP) is 1.09. The third kappa shape index (κ3) is 6.42. The summed E-state index contributed by atoms with van der Waals surface area (Å²) in [5, 5.41) is 15.7. The summed E-state index contributed by atoms with van der Waals surface area (Å²) in [7, 11) is 1.50. The van der Waals surface area contributed by atoms with E-state index in [9.17, 15) is 19.5 Å². The average molecular weight is 437 g/mol. The van der Waals surface area contributed by atoms with E-state index in [1.54, 1.807) is 24.3 Å². The lowest BCUT2D eigenvalue weighted by Crippen LogP contribution is -2.55. The van der Waals surface area contributed by atoms with Gasteiger partial charge in [-0.15, -0.1) is 0 Å². The monoisotopic (exact) mass is 437 g/mol. The third-order valence-corrected chi connectivity index (χ3v) is 5.21. The molecular weight excluding hydrogens is 410 g/mol. The first-order chi connectivity index (χ1) is 15.4. The van der Waals surface area contributed by atoms with Crippen molar-refractivity contribution >= 4 is 17.7 Å². The highest BCUT2D eigenvalue weighted by Gasteiger charge is 2.31. The largest absolute Gasteiger partial charge is 0.497 e. The second kappa shape index (κ2) is 10.6. The molecule has 3 rings (SSSR count). The topological polar surface area (TPSA) is 131 Å². The smallest absolute Gasteiger partial charge is 0.252 e. The molecule has 2 unspecified atom stereocenters. The van der Waals surface area contributed by atoms with Gasteiger partial charge in [0.25, 0.3) is 5.91 Å². The van der Waals surface area contributed by atoms with Crippen LogP contribution in [0.25, 0.3) is 0 Å². The Kier molecular flexibility index (Phi) is 7.62. The van der Waals surface area contributed by atoms with Gasteiger partial charge < -0.3 is 26.2 Å². The molecule has 8 heteroatoms. The molecule has 3 atom stereocenters. The highest BCUT2D eigenvalue weighted by molar-refractivity contribution is 5.98. The summed E-state index contributed by atoms with van der Waals surface area (Å²) < 4.78 is 5.15. The molecule has 5 N–H and O–H groups in total. The molecule has 0 saturated heterocycles. The van der Waals surface area contributed by atoms with E-state index in [0.717, 1.165) is 17.6 Å². The number of carbonyl (C=O) groups is 3. The molecule has 2 aromatic rings. The van der Waals surface area contributed by atoms with Gasteiger partial charge in [-0.05, 0) is 43.0 Å². The van der Waals surface area contributed by atoms with E-state index in [1.165, 1.54) is 7.11 Å². The zero-order valence-corrected chi connectivity index (χ0v) is 17.8. The van der Waals surface area contributed by atoms with Gasteiger partial charge in [-0.3, -0.25) is 14.4 Å². The lowest BCUT2D eigenvalue weighted by Gasteiger charge is -2.25. The lowest BCUT2D eigenvalue weighted by atomic mass is 9.99. The first kappa shape index (κ1) is 23.0. The number of nitrogens with one attached hydrogen (secondary N) is 2. The fourth-order valence-corrected chi connectivity index (χ4v) is 3.31. The molecular formula is C24H27N3O5. The van der Waals surface area contributed by atoms with Crippen molar-refractivity contribution in [1.29, 1.82) is 0 Å². The number of primary amides is 1. The van der Waals surface area contributed by atoms with Gasteiger partial charge in [0.05, 0.1) is 13.2 Å². The van der Waals surface area contributed by atoms with Crippen LogP contribution in [0.4, 0.5) is 0 Å². The average Bonchev–Trinajstić information content (AvgIpc) is 3.62. The van der Waals surface area contributed by atoms with Crippen LogP contribution in [-0.2, 0) is 16.0 Å². The summed E-state index contributed by atoms with van der Waals surface area (Å²) in [5.41, 5.74) is 7.50. The molecule has 0 saturated carbocycles. The maximum absolute atomic E-state index is 13.1. The van der Waals surface area contributed by atoms with Crippen LogP contribution in [0.3, 0.4) is 0 Å². The Hall–Kier alpha value is -3.65. The number of allylic oxidation sites excluding steroid dienone is 1. The Morgan fingerprint density at radius 2 is 1.78 bits per heavy atom. The third-order valence-electron chi connectivity index (χ3n) is 5.21. The van der Waals surface area contributed by atoms with Crippen molar-refractivity contribution in [2.75, 3.05) is 7.11 Å². The number of benzene rings is 2. The van der Waals surface area contributed by atoms with Gasteiger partial charge in [0.15, 0.2) is 6.10 Å². The highest BCUT2D eigenvalue weighted by atomic mass is 16.5. The second-order valence-electron chi connectivity index (χ2n) is 7.68. The molecule has 0 aromatic heterocycles. The Morgan fingerprint density at radius 1 is 1.06 bits per heavy atom. The van der Waals surface area contributed by atoms with Crippen LogP contribution in [0.1, 0.15) is 28.8 Å². The molecule has 168 valence electrons. The Morgan fingerprint density at radius 3 is 2.41 bits per heavy atom. The molecule has 0 heterocycles. The molecule has 3 amide bonds. The van der Waals surface area contributed by atoms with Crippen LogP contribution < -0.4 is 21.1 Å². The Balaban J connectivity index is 1.74. The quantitative estimate of drug-likeness (QED) is 0.391. The number of methoxy groups -OCH3 is 1. The van der Waals surface area contributed by atoms with Crippen LogP contribution in [0.2, 0.25) is 0 Å². The predicted molar refractivity (Wildman–Crippen MR) is 119 cm³/mol. The van der Waals surface area contributed by atoms with Crippen molar-refractivity contribution in [3.8, 4) is 5.75 Å². The van der Waals surface area contributed by atoms with Gasteiger partial charge in [0.2, 0.25) is 11.8 Å². The van der Waals surface area contributed by atoms with E-state index in [4.69, 9.17) is 10.5 Å². The minimum atomic E-state index is -1.57. The number of hydrogen-bond donors (Lipinski definition) is 4. The van der Waals surface area contributed by atoms with Gasteiger partial charge in [-0.2, -0.15) is 0 Å². The Labute approximate surface area is 186 Å². The molecule has 0 radical (unpaired) electrons. The normalized spacial score (nSPS) is 15.0. The molecule has 0 spiro atoms. The zero-order valence-electron chi connectivity index (χ0n) is 17.8. The van der Waals surface area contributed by atoms with Gasteiger partial charge in [0.1, 0.15) is 11.8 Å². The highest BCUT2D eigenvalue weighted by Crippen LogP contribution is 2.24. The van der Waals surface area contributed by atoms with E-state index in [-0.39, 0.29) is 6.42 Å². The molecule has 0 bridgehead atoms. The molecule has 0 fully saturated rings. The minimum Gasteiger partial charge on any atom is -0.497 e. The number of aliphatic hydroxyl groups excluding tert-OH is 1. The number of rotatable bonds is 11. The van der Waals surface area contributed by atoms with Crippen LogP contribution >= 0.6 is 0 Å². The van der Waals surface area contributed by atoms with Gasteiger partial charge >= 0.3 is 0 Å². The number of carbonyl (C=O) groups excluding carboxylic acids is 3. The number of amides is 3. The summed E-state index contributed by atoms with van der Waals surface area (Å²) in [6.07, 6.45) is 1.73. The molecule has 1 aliphatic rings. The molecule has 8 nitrogen and oxygen atoms in total. The van der Waals surface area contributed by atoms with Crippen LogP contribution in [0.5, 0.6) is 5.75 Å². The molecule has 0 aliphatic heterocycles.